The number of hydrogen-bond acceptors (Lipinski definition) is 8. The molecule has 0 bridgehead atoms. The van der Waals surface area contributed by atoms with E-state index in [1.165, 1.54) is 12.8 Å². The minimum atomic E-state index is -0.214. The van der Waals surface area contributed by atoms with Gasteiger partial charge < -0.3 is 15.2 Å². The lowest BCUT2D eigenvalue weighted by atomic mass is 9.96. The Morgan fingerprint density at radius 1 is 1.13 bits per heavy atom. The van der Waals surface area contributed by atoms with Gasteiger partial charge >= 0.3 is 0 Å². The number of nitrogens with one attached hydrogen (secondary N) is 2. The molecule has 0 spiro atoms. The van der Waals surface area contributed by atoms with Crippen molar-refractivity contribution in [1.29, 1.82) is 0 Å². The van der Waals surface area contributed by atoms with Crippen LogP contribution in [0.3, 0.4) is 0 Å². The monoisotopic (exact) mass is 406 g/mol. The Balaban J connectivity index is 1.61. The van der Waals surface area contributed by atoms with Gasteiger partial charge in [0.05, 0.1) is 5.52 Å². The largest absolute Gasteiger partial charge is 0.350 e. The number of aromatic nitrogens is 6. The molecule has 0 saturated carbocycles. The number of rotatable bonds is 3. The van der Waals surface area contributed by atoms with Crippen LogP contribution in [0.5, 0.6) is 0 Å². The molecule has 0 unspecified atom stereocenters. The molecule has 9 heteroatoms. The third-order valence-corrected chi connectivity index (χ3v) is 5.35. The number of benzene rings is 1. The summed E-state index contributed by atoms with van der Waals surface area (Å²) in [4.78, 5) is 14.1. The van der Waals surface area contributed by atoms with Gasteiger partial charge in [0.15, 0.2) is 11.5 Å². The highest BCUT2D eigenvalue weighted by atomic mass is 16.5. The van der Waals surface area contributed by atoms with Crippen molar-refractivity contribution in [2.75, 3.05) is 18.4 Å². The first-order chi connectivity index (χ1) is 14.5. The van der Waals surface area contributed by atoms with E-state index in [4.69, 9.17) is 14.5 Å². The van der Waals surface area contributed by atoms with Crippen molar-refractivity contribution in [3.63, 3.8) is 0 Å². The molecule has 156 valence electrons. The molecular weight excluding hydrogens is 380 g/mol. The fourth-order valence-electron chi connectivity index (χ4n) is 3.68. The summed E-state index contributed by atoms with van der Waals surface area (Å²) >= 11 is 0. The second-order valence-corrected chi connectivity index (χ2v) is 8.84. The van der Waals surface area contributed by atoms with Crippen molar-refractivity contribution in [3.8, 4) is 11.7 Å². The molecule has 0 amide bonds. The van der Waals surface area contributed by atoms with E-state index >= 15 is 0 Å². The van der Waals surface area contributed by atoms with Crippen LogP contribution in [0, 0.1) is 0 Å². The van der Waals surface area contributed by atoms with Gasteiger partial charge in [0.2, 0.25) is 11.8 Å². The highest BCUT2D eigenvalue weighted by molar-refractivity contribution is 5.92. The molecule has 9 nitrogen and oxygen atoms in total. The summed E-state index contributed by atoms with van der Waals surface area (Å²) in [6, 6.07) is 8.23. The van der Waals surface area contributed by atoms with Crippen molar-refractivity contribution in [2.45, 2.75) is 51.5 Å². The van der Waals surface area contributed by atoms with Crippen LogP contribution < -0.4 is 10.6 Å². The van der Waals surface area contributed by atoms with Gasteiger partial charge in [0.1, 0.15) is 0 Å². The summed E-state index contributed by atoms with van der Waals surface area (Å²) in [6.45, 7) is 8.08. The maximum Gasteiger partial charge on any atom is 0.297 e. The summed E-state index contributed by atoms with van der Waals surface area (Å²) in [7, 11) is 0. The number of anilines is 1. The maximum absolute atomic E-state index is 5.47. The predicted octanol–water partition coefficient (Wildman–Crippen LogP) is 3.18. The third-order valence-electron chi connectivity index (χ3n) is 5.35. The summed E-state index contributed by atoms with van der Waals surface area (Å²) < 4.78 is 7.23. The van der Waals surface area contributed by atoms with Gasteiger partial charge in [-0.3, -0.25) is 0 Å². The van der Waals surface area contributed by atoms with Gasteiger partial charge in [-0.2, -0.15) is 9.50 Å². The van der Waals surface area contributed by atoms with Gasteiger partial charge in [-0.05, 0) is 31.5 Å². The van der Waals surface area contributed by atoms with E-state index in [2.05, 4.69) is 25.9 Å². The van der Waals surface area contributed by atoms with Crippen LogP contribution in [0.1, 0.15) is 45.9 Å². The number of hydrogen-bond donors (Lipinski definition) is 2. The van der Waals surface area contributed by atoms with Crippen molar-refractivity contribution in [1.82, 2.24) is 35.0 Å². The number of fused-ring (bicyclic) bond motifs is 3. The van der Waals surface area contributed by atoms with Gasteiger partial charge in [0, 0.05) is 23.4 Å². The van der Waals surface area contributed by atoms with E-state index in [1.807, 2.05) is 45.0 Å². The Hall–Kier alpha value is -3.07. The van der Waals surface area contributed by atoms with Crippen LogP contribution in [-0.4, -0.2) is 48.9 Å². The Bertz CT molecular complexity index is 1180. The van der Waals surface area contributed by atoms with E-state index in [1.54, 1.807) is 4.52 Å². The smallest absolute Gasteiger partial charge is 0.297 e. The Labute approximate surface area is 174 Å². The van der Waals surface area contributed by atoms with E-state index in [0.717, 1.165) is 36.1 Å². The molecule has 4 aromatic rings. The average molecular weight is 406 g/mol. The van der Waals surface area contributed by atoms with Crippen LogP contribution in [0.25, 0.3) is 28.3 Å². The van der Waals surface area contributed by atoms with Gasteiger partial charge in [-0.15, -0.1) is 5.10 Å². The Morgan fingerprint density at radius 2 is 2.00 bits per heavy atom. The lowest BCUT2D eigenvalue weighted by Gasteiger charge is -2.17. The zero-order valence-corrected chi connectivity index (χ0v) is 17.5. The zero-order valence-electron chi connectivity index (χ0n) is 17.5. The molecule has 1 atom stereocenters. The van der Waals surface area contributed by atoms with Gasteiger partial charge in [-0.1, -0.05) is 44.5 Å². The maximum atomic E-state index is 5.47. The summed E-state index contributed by atoms with van der Waals surface area (Å²) in [5, 5.41) is 16.8. The Kier molecular flexibility index (Phi) is 4.62. The predicted molar refractivity (Wildman–Crippen MR) is 114 cm³/mol. The second kappa shape index (κ2) is 7.32. The molecule has 5 rings (SSSR count). The normalized spacial score (nSPS) is 18.0. The van der Waals surface area contributed by atoms with Gasteiger partial charge in [0.25, 0.3) is 5.89 Å². The highest BCUT2D eigenvalue weighted by Crippen LogP contribution is 2.26. The van der Waals surface area contributed by atoms with Crippen LogP contribution >= 0.6 is 0 Å². The van der Waals surface area contributed by atoms with Crippen LogP contribution in [0.15, 0.2) is 28.8 Å². The topological polar surface area (TPSA) is 106 Å². The molecule has 0 radical (unpaired) electrons. The van der Waals surface area contributed by atoms with Crippen LogP contribution in [0.4, 0.5) is 5.95 Å². The fourth-order valence-corrected chi connectivity index (χ4v) is 3.68. The zero-order chi connectivity index (χ0) is 20.7. The summed E-state index contributed by atoms with van der Waals surface area (Å²) in [5.74, 6) is 2.02. The molecule has 2 N–H and O–H groups in total. The van der Waals surface area contributed by atoms with Crippen molar-refractivity contribution in [3.05, 3.63) is 30.1 Å². The molecule has 1 aromatic carbocycles. The van der Waals surface area contributed by atoms with Crippen LogP contribution in [-0.2, 0) is 5.41 Å². The molecule has 30 heavy (non-hydrogen) atoms. The lowest BCUT2D eigenvalue weighted by molar-refractivity contribution is 0.400. The molecule has 4 heterocycles. The summed E-state index contributed by atoms with van der Waals surface area (Å²) in [6.07, 6.45) is 3.46. The van der Waals surface area contributed by atoms with Crippen molar-refractivity contribution in [2.24, 2.45) is 0 Å². The van der Waals surface area contributed by atoms with Crippen LogP contribution in [0.2, 0.25) is 0 Å². The first-order valence-corrected chi connectivity index (χ1v) is 10.5. The molecule has 1 fully saturated rings. The first kappa shape index (κ1) is 18.9. The molecule has 1 aliphatic heterocycles. The molecule has 1 saturated heterocycles. The van der Waals surface area contributed by atoms with E-state index in [-0.39, 0.29) is 11.5 Å². The SMILES string of the molecule is CC(C)(C)c1noc(-c2nc3c4ccccc4nc(N[C@@H]4CCCCNC4)n3n2)n1. The minimum absolute atomic E-state index is 0.214. The average Bonchev–Trinajstić information content (AvgIpc) is 3.31. The molecular formula is C21H26N8O. The number of para-hydroxylation sites is 1. The molecule has 0 aliphatic carbocycles. The van der Waals surface area contributed by atoms with Crippen molar-refractivity contribution < 1.29 is 4.52 Å². The molecule has 1 aliphatic rings. The molecule has 3 aromatic heterocycles. The number of nitrogens with zero attached hydrogens (tertiary/aromatic N) is 6. The standard InChI is InChI=1S/C21H26N8O/c1-21(2,3)19-26-18(30-28-19)16-25-17-14-9-4-5-10-15(14)24-20(29(17)27-16)23-13-8-6-7-11-22-12-13/h4-5,9-10,13,22H,6-8,11-12H2,1-3H3,(H,23,24)/t13-/m1/s1. The fraction of sp³-hybridized carbons (Fsp3) is 0.476. The first-order valence-electron chi connectivity index (χ1n) is 10.5. The van der Waals surface area contributed by atoms with Gasteiger partial charge in [-0.25, -0.2) is 9.97 Å². The van der Waals surface area contributed by atoms with E-state index < -0.39 is 0 Å². The minimum Gasteiger partial charge on any atom is -0.350 e. The van der Waals surface area contributed by atoms with Crippen molar-refractivity contribution >= 4 is 22.5 Å². The quantitative estimate of drug-likeness (QED) is 0.534. The highest BCUT2D eigenvalue weighted by Gasteiger charge is 2.24. The van der Waals surface area contributed by atoms with E-state index in [0.29, 0.717) is 23.5 Å². The van der Waals surface area contributed by atoms with E-state index in [9.17, 15) is 0 Å². The second-order valence-electron chi connectivity index (χ2n) is 8.84. The Morgan fingerprint density at radius 3 is 2.83 bits per heavy atom. The third kappa shape index (κ3) is 3.49. The lowest BCUT2D eigenvalue weighted by Crippen LogP contribution is -2.32. The summed E-state index contributed by atoms with van der Waals surface area (Å²) in [5.41, 5.74) is 1.37.